The van der Waals surface area contributed by atoms with Crippen molar-refractivity contribution in [1.82, 2.24) is 4.98 Å². The summed E-state index contributed by atoms with van der Waals surface area (Å²) in [5, 5.41) is 4.49. The van der Waals surface area contributed by atoms with Gasteiger partial charge in [-0.2, -0.15) is 0 Å². The van der Waals surface area contributed by atoms with Crippen LogP contribution in [0, 0.1) is 6.92 Å². The van der Waals surface area contributed by atoms with Crippen molar-refractivity contribution in [3.63, 3.8) is 0 Å². The van der Waals surface area contributed by atoms with Gasteiger partial charge in [-0.25, -0.2) is 13.8 Å². The lowest BCUT2D eigenvalue weighted by atomic mass is 10.0. The Morgan fingerprint density at radius 1 is 1.17 bits per heavy atom. The average molecular weight is 396 g/mol. The third-order valence-electron chi connectivity index (χ3n) is 5.44. The third kappa shape index (κ3) is 4.03. The smallest absolute Gasteiger partial charge is 0.275 e. The van der Waals surface area contributed by atoms with Crippen molar-refractivity contribution >= 4 is 22.4 Å². The van der Waals surface area contributed by atoms with E-state index in [-0.39, 0.29) is 18.5 Å². The molecule has 6 heteroatoms. The van der Waals surface area contributed by atoms with Crippen LogP contribution in [0.2, 0.25) is 0 Å². The predicted molar refractivity (Wildman–Crippen MR) is 115 cm³/mol. The summed E-state index contributed by atoms with van der Waals surface area (Å²) in [6.07, 6.45) is 0.627. The van der Waals surface area contributed by atoms with E-state index >= 15 is 0 Å². The number of halogens is 2. The largest absolute Gasteiger partial charge is 0.384 e. The Kier molecular flexibility index (Phi) is 5.37. The minimum absolute atomic E-state index is 0.125. The zero-order chi connectivity index (χ0) is 20.4. The van der Waals surface area contributed by atoms with Crippen LogP contribution in [0.15, 0.2) is 48.5 Å². The van der Waals surface area contributed by atoms with E-state index in [1.165, 1.54) is 6.07 Å². The highest BCUT2D eigenvalue weighted by Gasteiger charge is 2.37. The number of nitrogens with two attached hydrogens (primary N) is 1. The number of pyridine rings is 1. The summed E-state index contributed by atoms with van der Waals surface area (Å²) in [6.45, 7) is 4.07. The second-order valence-corrected chi connectivity index (χ2v) is 7.65. The van der Waals surface area contributed by atoms with E-state index in [0.717, 1.165) is 35.1 Å². The first-order valence-corrected chi connectivity index (χ1v) is 10.0. The van der Waals surface area contributed by atoms with Gasteiger partial charge in [0.25, 0.3) is 5.92 Å². The number of aromatic nitrogens is 1. The molecule has 0 radical (unpaired) electrons. The molecule has 1 aliphatic heterocycles. The molecule has 2 aromatic carbocycles. The van der Waals surface area contributed by atoms with Crippen LogP contribution in [0.1, 0.15) is 29.5 Å². The summed E-state index contributed by atoms with van der Waals surface area (Å²) in [6, 6.07) is 14.9. The average Bonchev–Trinajstić information content (AvgIpc) is 2.84. The van der Waals surface area contributed by atoms with Gasteiger partial charge < -0.3 is 16.0 Å². The van der Waals surface area contributed by atoms with Gasteiger partial charge in [0.05, 0.1) is 5.52 Å². The molecule has 4 rings (SSSR count). The fourth-order valence-electron chi connectivity index (χ4n) is 3.86. The van der Waals surface area contributed by atoms with Gasteiger partial charge in [0.2, 0.25) is 0 Å². The number of nitrogens with zero attached hydrogens (tertiary/aromatic N) is 2. The normalized spacial score (nSPS) is 15.8. The van der Waals surface area contributed by atoms with Gasteiger partial charge in [-0.1, -0.05) is 35.9 Å². The van der Waals surface area contributed by atoms with E-state index in [4.69, 9.17) is 10.7 Å². The summed E-state index contributed by atoms with van der Waals surface area (Å²) in [4.78, 5) is 6.76. The fraction of sp³-hybridized carbons (Fsp3) is 0.348. The van der Waals surface area contributed by atoms with Crippen LogP contribution in [0.4, 0.5) is 20.3 Å². The number of hydrogen-bond donors (Lipinski definition) is 2. The number of fused-ring (bicyclic) bond motifs is 2. The van der Waals surface area contributed by atoms with Crippen LogP contribution in [0.5, 0.6) is 0 Å². The van der Waals surface area contributed by atoms with E-state index in [9.17, 15) is 8.78 Å². The Balaban J connectivity index is 1.74. The summed E-state index contributed by atoms with van der Waals surface area (Å²) in [7, 11) is 0. The molecule has 0 atom stereocenters. The molecular weight excluding hydrogens is 370 g/mol. The van der Waals surface area contributed by atoms with Crippen molar-refractivity contribution in [2.75, 3.05) is 29.9 Å². The highest BCUT2D eigenvalue weighted by Crippen LogP contribution is 2.38. The fourth-order valence-corrected chi connectivity index (χ4v) is 3.86. The lowest BCUT2D eigenvalue weighted by Gasteiger charge is -2.24. The number of alkyl halides is 2. The van der Waals surface area contributed by atoms with Crippen LogP contribution >= 0.6 is 0 Å². The maximum absolute atomic E-state index is 14.7. The first-order chi connectivity index (χ1) is 14.0. The zero-order valence-electron chi connectivity index (χ0n) is 16.6. The number of nitrogens with one attached hydrogen (secondary N) is 1. The van der Waals surface area contributed by atoms with Crippen molar-refractivity contribution in [2.45, 2.75) is 32.2 Å². The minimum atomic E-state index is -2.83. The van der Waals surface area contributed by atoms with Crippen LogP contribution in [-0.4, -0.2) is 24.6 Å². The van der Waals surface area contributed by atoms with Crippen LogP contribution in [0.25, 0.3) is 10.9 Å². The summed E-state index contributed by atoms with van der Waals surface area (Å²) < 4.78 is 29.3. The topological polar surface area (TPSA) is 54.2 Å². The molecule has 0 bridgehead atoms. The molecule has 4 nitrogen and oxygen atoms in total. The van der Waals surface area contributed by atoms with Gasteiger partial charge in [-0.05, 0) is 37.6 Å². The molecule has 0 unspecified atom stereocenters. The SMILES string of the molecule is Cc1ccc2nc(N3CCC(F)(F)c4ccccc4C3)cc(NCCCN)c2c1. The molecule has 3 aromatic rings. The lowest BCUT2D eigenvalue weighted by molar-refractivity contribution is -0.00967. The maximum atomic E-state index is 14.7. The second-order valence-electron chi connectivity index (χ2n) is 7.65. The third-order valence-corrected chi connectivity index (χ3v) is 5.44. The van der Waals surface area contributed by atoms with Gasteiger partial charge >= 0.3 is 0 Å². The van der Waals surface area contributed by atoms with E-state index in [1.807, 2.05) is 36.1 Å². The second kappa shape index (κ2) is 7.95. The number of rotatable bonds is 5. The van der Waals surface area contributed by atoms with Crippen molar-refractivity contribution in [2.24, 2.45) is 5.73 Å². The van der Waals surface area contributed by atoms with E-state index in [2.05, 4.69) is 11.4 Å². The Morgan fingerprint density at radius 3 is 2.83 bits per heavy atom. The minimum Gasteiger partial charge on any atom is -0.384 e. The first-order valence-electron chi connectivity index (χ1n) is 10.0. The molecule has 0 saturated heterocycles. The summed E-state index contributed by atoms with van der Waals surface area (Å²) in [5.74, 6) is -2.12. The van der Waals surface area contributed by atoms with Gasteiger partial charge in [0, 0.05) is 48.8 Å². The molecule has 0 fully saturated rings. The van der Waals surface area contributed by atoms with Gasteiger partial charge in [0.1, 0.15) is 5.82 Å². The molecular formula is C23H26F2N4. The van der Waals surface area contributed by atoms with Gasteiger partial charge in [0.15, 0.2) is 0 Å². The van der Waals surface area contributed by atoms with Crippen molar-refractivity contribution in [1.29, 1.82) is 0 Å². The Morgan fingerprint density at radius 2 is 2.00 bits per heavy atom. The van der Waals surface area contributed by atoms with Gasteiger partial charge in [-0.15, -0.1) is 0 Å². The number of anilines is 2. The molecule has 0 saturated carbocycles. The molecule has 0 spiro atoms. The zero-order valence-corrected chi connectivity index (χ0v) is 16.6. The highest BCUT2D eigenvalue weighted by molar-refractivity contribution is 5.93. The van der Waals surface area contributed by atoms with Crippen LogP contribution in [-0.2, 0) is 12.5 Å². The monoisotopic (exact) mass is 396 g/mol. The van der Waals surface area contributed by atoms with E-state index in [1.54, 1.807) is 12.1 Å². The lowest BCUT2D eigenvalue weighted by Crippen LogP contribution is -2.25. The maximum Gasteiger partial charge on any atom is 0.275 e. The number of hydrogen-bond acceptors (Lipinski definition) is 4. The molecule has 152 valence electrons. The van der Waals surface area contributed by atoms with Crippen LogP contribution < -0.4 is 16.0 Å². The van der Waals surface area contributed by atoms with Crippen molar-refractivity contribution in [3.8, 4) is 0 Å². The molecule has 2 heterocycles. The Hall–Kier alpha value is -2.73. The highest BCUT2D eigenvalue weighted by atomic mass is 19.3. The predicted octanol–water partition coefficient (Wildman–Crippen LogP) is 4.81. The quantitative estimate of drug-likeness (QED) is 0.608. The summed E-state index contributed by atoms with van der Waals surface area (Å²) >= 11 is 0. The molecule has 3 N–H and O–H groups in total. The Bertz CT molecular complexity index is 1020. The molecule has 0 amide bonds. The van der Waals surface area contributed by atoms with E-state index < -0.39 is 5.92 Å². The molecule has 29 heavy (non-hydrogen) atoms. The standard InChI is InChI=1S/C23H26F2N4/c1-16-7-8-20-18(13-16)21(27-11-4-10-26)14-22(28-20)29-12-9-23(24,25)19-6-3-2-5-17(19)15-29/h2-3,5-8,13-14H,4,9-12,15,26H2,1H3,(H,27,28). The number of benzene rings is 2. The first kappa shape index (κ1) is 19.6. The molecule has 0 aliphatic carbocycles. The Labute approximate surface area is 169 Å². The van der Waals surface area contributed by atoms with Crippen molar-refractivity contribution < 1.29 is 8.78 Å². The number of aryl methyl sites for hydroxylation is 1. The summed E-state index contributed by atoms with van der Waals surface area (Å²) in [5.41, 5.74) is 9.38. The molecule has 1 aliphatic rings. The van der Waals surface area contributed by atoms with Gasteiger partial charge in [-0.3, -0.25) is 0 Å². The van der Waals surface area contributed by atoms with Crippen molar-refractivity contribution in [3.05, 3.63) is 65.2 Å². The van der Waals surface area contributed by atoms with E-state index in [0.29, 0.717) is 24.5 Å². The van der Waals surface area contributed by atoms with Crippen LogP contribution in [0.3, 0.4) is 0 Å². The molecule has 1 aromatic heterocycles.